The maximum atomic E-state index is 6.26. The van der Waals surface area contributed by atoms with Crippen molar-refractivity contribution in [3.63, 3.8) is 0 Å². The summed E-state index contributed by atoms with van der Waals surface area (Å²) < 4.78 is 0. The van der Waals surface area contributed by atoms with E-state index >= 15 is 0 Å². The Bertz CT molecular complexity index is 668. The number of nitrogens with zero attached hydrogens (tertiary/aromatic N) is 5. The van der Waals surface area contributed by atoms with Crippen LogP contribution in [-0.2, 0) is 0 Å². The fourth-order valence-electron chi connectivity index (χ4n) is 3.02. The molecule has 1 aliphatic rings. The van der Waals surface area contributed by atoms with Gasteiger partial charge in [-0.15, -0.1) is 35.3 Å². The number of aliphatic imine (C=N–C) groups is 1. The van der Waals surface area contributed by atoms with Crippen molar-refractivity contribution < 1.29 is 0 Å². The van der Waals surface area contributed by atoms with Gasteiger partial charge in [0.25, 0.3) is 0 Å². The minimum atomic E-state index is 0. The molecule has 1 aliphatic heterocycles. The van der Waals surface area contributed by atoms with Gasteiger partial charge in [-0.3, -0.25) is 4.99 Å². The molecule has 1 fully saturated rings. The molecule has 2 heterocycles. The highest BCUT2D eigenvalue weighted by Gasteiger charge is 2.20. The molecule has 0 bridgehead atoms. The average Bonchev–Trinajstić information content (AvgIpc) is 3.17. The monoisotopic (exact) mass is 486 g/mol. The van der Waals surface area contributed by atoms with E-state index in [-0.39, 0.29) is 30.0 Å². The molecule has 2 N–H and O–H groups in total. The van der Waals surface area contributed by atoms with Crippen molar-refractivity contribution in [3.8, 4) is 0 Å². The van der Waals surface area contributed by atoms with E-state index in [9.17, 15) is 0 Å². The van der Waals surface area contributed by atoms with Gasteiger partial charge in [-0.25, -0.2) is 4.98 Å². The Morgan fingerprint density at radius 3 is 2.50 bits per heavy atom. The highest BCUT2D eigenvalue weighted by molar-refractivity contribution is 14.0. The molecule has 1 unspecified atom stereocenters. The van der Waals surface area contributed by atoms with E-state index in [1.165, 1.54) is 5.56 Å². The number of nitrogens with two attached hydrogens (primary N) is 1. The summed E-state index contributed by atoms with van der Waals surface area (Å²) in [6, 6.07) is 10.7. The molecule has 0 saturated carbocycles. The summed E-state index contributed by atoms with van der Waals surface area (Å²) in [5.74, 6) is 0.640. The number of likely N-dealkylation sites (N-methyl/N-ethyl adjacent to an activating group) is 1. The predicted molar refractivity (Wildman–Crippen MR) is 121 cm³/mol. The van der Waals surface area contributed by atoms with Crippen LogP contribution in [-0.4, -0.2) is 67.6 Å². The third-order valence-electron chi connectivity index (χ3n) is 4.53. The van der Waals surface area contributed by atoms with Crippen molar-refractivity contribution in [1.29, 1.82) is 0 Å². The predicted octanol–water partition coefficient (Wildman–Crippen LogP) is 2.50. The summed E-state index contributed by atoms with van der Waals surface area (Å²) in [6.45, 7) is 4.29. The lowest BCUT2D eigenvalue weighted by Crippen LogP contribution is -2.51. The average molecular weight is 486 g/mol. The van der Waals surface area contributed by atoms with Crippen LogP contribution in [0, 0.1) is 0 Å². The van der Waals surface area contributed by atoms with Crippen LogP contribution in [0.3, 0.4) is 0 Å². The van der Waals surface area contributed by atoms with Crippen molar-refractivity contribution in [2.45, 2.75) is 6.04 Å². The number of halogens is 1. The van der Waals surface area contributed by atoms with Gasteiger partial charge in [-0.05, 0) is 19.7 Å². The summed E-state index contributed by atoms with van der Waals surface area (Å²) in [6.07, 6.45) is 1.85. The van der Waals surface area contributed by atoms with Crippen LogP contribution in [0.2, 0.25) is 0 Å². The van der Waals surface area contributed by atoms with Gasteiger partial charge in [0, 0.05) is 37.8 Å². The first-order chi connectivity index (χ1) is 12.1. The number of benzene rings is 1. The molecule has 2 aromatic rings. The van der Waals surface area contributed by atoms with Gasteiger partial charge in [0.1, 0.15) is 0 Å². The Morgan fingerprint density at radius 1 is 1.23 bits per heavy atom. The Kier molecular flexibility index (Phi) is 8.11. The van der Waals surface area contributed by atoms with Gasteiger partial charge in [0.05, 0.1) is 12.6 Å². The van der Waals surface area contributed by atoms with Crippen molar-refractivity contribution in [1.82, 2.24) is 14.8 Å². The van der Waals surface area contributed by atoms with E-state index < -0.39 is 0 Å². The topological polar surface area (TPSA) is 61.0 Å². The summed E-state index contributed by atoms with van der Waals surface area (Å²) in [5, 5.41) is 3.11. The van der Waals surface area contributed by atoms with Crippen LogP contribution < -0.4 is 10.6 Å². The first-order valence-electron chi connectivity index (χ1n) is 8.56. The SMILES string of the molecule is CN(C)C(CN=C(N)N1CCN(c2nccs2)CC1)c1ccccc1.I. The van der Waals surface area contributed by atoms with Gasteiger partial charge in [0.15, 0.2) is 11.1 Å². The van der Waals surface area contributed by atoms with Crippen LogP contribution in [0.4, 0.5) is 5.13 Å². The highest BCUT2D eigenvalue weighted by atomic mass is 127. The number of aromatic nitrogens is 1. The number of thiazole rings is 1. The highest BCUT2D eigenvalue weighted by Crippen LogP contribution is 2.20. The summed E-state index contributed by atoms with van der Waals surface area (Å²) in [4.78, 5) is 15.7. The second-order valence-corrected chi connectivity index (χ2v) is 7.25. The largest absolute Gasteiger partial charge is 0.370 e. The van der Waals surface area contributed by atoms with E-state index in [1.807, 2.05) is 17.6 Å². The van der Waals surface area contributed by atoms with Crippen molar-refractivity contribution in [2.75, 3.05) is 51.7 Å². The van der Waals surface area contributed by atoms with Gasteiger partial charge in [-0.2, -0.15) is 0 Å². The van der Waals surface area contributed by atoms with E-state index in [0.717, 1.165) is 31.3 Å². The molecule has 0 aliphatic carbocycles. The molecule has 26 heavy (non-hydrogen) atoms. The number of anilines is 1. The van der Waals surface area contributed by atoms with Crippen LogP contribution in [0.5, 0.6) is 0 Å². The molecule has 1 aromatic carbocycles. The Morgan fingerprint density at radius 2 is 1.92 bits per heavy atom. The Balaban J connectivity index is 0.00000243. The number of piperazine rings is 1. The lowest BCUT2D eigenvalue weighted by Gasteiger charge is -2.35. The second-order valence-electron chi connectivity index (χ2n) is 6.38. The minimum absolute atomic E-state index is 0. The summed E-state index contributed by atoms with van der Waals surface area (Å²) in [5.41, 5.74) is 7.53. The molecular weight excluding hydrogens is 459 g/mol. The van der Waals surface area contributed by atoms with Gasteiger partial charge >= 0.3 is 0 Å². The molecule has 0 amide bonds. The van der Waals surface area contributed by atoms with Crippen molar-refractivity contribution in [3.05, 3.63) is 47.5 Å². The van der Waals surface area contributed by atoms with E-state index in [4.69, 9.17) is 5.73 Å². The number of guanidine groups is 1. The third-order valence-corrected chi connectivity index (χ3v) is 5.36. The van der Waals surface area contributed by atoms with Crippen LogP contribution in [0.25, 0.3) is 0 Å². The normalized spacial score (nSPS) is 16.5. The molecule has 1 aromatic heterocycles. The molecule has 1 atom stereocenters. The Labute approximate surface area is 176 Å². The smallest absolute Gasteiger partial charge is 0.191 e. The molecule has 6 nitrogen and oxygen atoms in total. The van der Waals surface area contributed by atoms with Gasteiger partial charge in [-0.1, -0.05) is 30.3 Å². The first-order valence-corrected chi connectivity index (χ1v) is 9.44. The third kappa shape index (κ3) is 5.31. The quantitative estimate of drug-likeness (QED) is 0.400. The fraction of sp³-hybridized carbons (Fsp3) is 0.444. The van der Waals surface area contributed by atoms with E-state index in [0.29, 0.717) is 12.5 Å². The molecular formula is C18H27IN6S. The van der Waals surface area contributed by atoms with Gasteiger partial charge in [0.2, 0.25) is 0 Å². The molecule has 142 valence electrons. The molecule has 0 radical (unpaired) electrons. The number of rotatable bonds is 5. The lowest BCUT2D eigenvalue weighted by atomic mass is 10.1. The van der Waals surface area contributed by atoms with Crippen LogP contribution in [0.1, 0.15) is 11.6 Å². The summed E-state index contributed by atoms with van der Waals surface area (Å²) >= 11 is 1.68. The van der Waals surface area contributed by atoms with Crippen molar-refractivity contribution >= 4 is 46.4 Å². The standard InChI is InChI=1S/C18H26N6S.HI/c1-22(2)16(15-6-4-3-5-7-15)14-21-17(19)23-9-11-24(12-10-23)18-20-8-13-25-18;/h3-8,13,16H,9-12,14H2,1-2H3,(H2,19,21);1H. The minimum Gasteiger partial charge on any atom is -0.370 e. The maximum Gasteiger partial charge on any atom is 0.191 e. The molecule has 8 heteroatoms. The van der Waals surface area contributed by atoms with Crippen LogP contribution >= 0.6 is 35.3 Å². The Hall–Kier alpha value is -1.39. The number of hydrogen-bond donors (Lipinski definition) is 1. The molecule has 3 rings (SSSR count). The summed E-state index contributed by atoms with van der Waals surface area (Å²) in [7, 11) is 4.16. The number of hydrogen-bond acceptors (Lipinski definition) is 5. The van der Waals surface area contributed by atoms with E-state index in [1.54, 1.807) is 11.3 Å². The first kappa shape index (κ1) is 20.9. The second kappa shape index (κ2) is 10.1. The van der Waals surface area contributed by atoms with Crippen LogP contribution in [0.15, 0.2) is 46.9 Å². The fourth-order valence-corrected chi connectivity index (χ4v) is 3.72. The van der Waals surface area contributed by atoms with Crippen molar-refractivity contribution in [2.24, 2.45) is 10.7 Å². The zero-order valence-electron chi connectivity index (χ0n) is 15.3. The maximum absolute atomic E-state index is 6.26. The lowest BCUT2D eigenvalue weighted by molar-refractivity contribution is 0.304. The molecule has 1 saturated heterocycles. The molecule has 0 spiro atoms. The van der Waals surface area contributed by atoms with Gasteiger partial charge < -0.3 is 20.4 Å². The van der Waals surface area contributed by atoms with E-state index in [2.05, 4.69) is 63.0 Å². The zero-order valence-corrected chi connectivity index (χ0v) is 18.4. The zero-order chi connectivity index (χ0) is 17.6.